The minimum absolute atomic E-state index is 0.0932. The third kappa shape index (κ3) is 1.13. The number of ether oxygens (including phenoxy) is 1. The smallest absolute Gasteiger partial charge is 0.367 e. The first kappa shape index (κ1) is 6.74. The quantitative estimate of drug-likeness (QED) is 0.463. The van der Waals surface area contributed by atoms with Crippen LogP contribution in [-0.4, -0.2) is 17.9 Å². The molecule has 0 aromatic heterocycles. The lowest BCUT2D eigenvalue weighted by Gasteiger charge is -1.87. The van der Waals surface area contributed by atoms with Crippen LogP contribution in [0.25, 0.3) is 0 Å². The van der Waals surface area contributed by atoms with Crippen molar-refractivity contribution in [3.63, 3.8) is 0 Å². The monoisotopic (exact) mass is 194 g/mol. The molecule has 4 heteroatoms. The number of halogens is 2. The molecule has 1 aliphatic rings. The normalized spacial score (nSPS) is 18.7. The molecule has 50 valence electrons. The third-order valence-electron chi connectivity index (χ3n) is 1.03. The van der Waals surface area contributed by atoms with Gasteiger partial charge in [0.2, 0.25) is 5.83 Å². The Morgan fingerprint density at radius 1 is 1.78 bits per heavy atom. The lowest BCUT2D eigenvalue weighted by Crippen LogP contribution is -1.94. The van der Waals surface area contributed by atoms with Crippen molar-refractivity contribution in [1.29, 1.82) is 0 Å². The molecule has 0 aromatic carbocycles. The average Bonchev–Trinajstić information content (AvgIpc) is 2.15. The van der Waals surface area contributed by atoms with E-state index in [9.17, 15) is 9.18 Å². The van der Waals surface area contributed by atoms with E-state index in [1.807, 2.05) is 0 Å². The van der Waals surface area contributed by atoms with Crippen LogP contribution in [0.1, 0.15) is 0 Å². The highest BCUT2D eigenvalue weighted by molar-refractivity contribution is 9.09. The van der Waals surface area contributed by atoms with Crippen LogP contribution in [0.15, 0.2) is 11.4 Å². The maximum Gasteiger partial charge on any atom is 0.367 e. The molecular weight excluding hydrogens is 191 g/mol. The predicted molar refractivity (Wildman–Crippen MR) is 32.9 cm³/mol. The molecule has 1 aliphatic heterocycles. The van der Waals surface area contributed by atoms with E-state index < -0.39 is 11.8 Å². The van der Waals surface area contributed by atoms with E-state index in [0.717, 1.165) is 0 Å². The molecule has 0 saturated heterocycles. The Bertz CT molecular complexity index is 176. The van der Waals surface area contributed by atoms with Gasteiger partial charge in [-0.1, -0.05) is 15.9 Å². The minimum atomic E-state index is -0.843. The second-order valence-electron chi connectivity index (χ2n) is 1.63. The van der Waals surface area contributed by atoms with Gasteiger partial charge in [0.1, 0.15) is 6.61 Å². The molecular formula is C5H4BrFO2. The first-order valence-electron chi connectivity index (χ1n) is 2.36. The summed E-state index contributed by atoms with van der Waals surface area (Å²) in [6.45, 7) is 0.0932. The molecule has 1 heterocycles. The summed E-state index contributed by atoms with van der Waals surface area (Å²) in [6.07, 6.45) is 0. The lowest BCUT2D eigenvalue weighted by atomic mass is 10.3. The highest BCUT2D eigenvalue weighted by Crippen LogP contribution is 2.17. The van der Waals surface area contributed by atoms with Gasteiger partial charge in [0.05, 0.1) is 0 Å². The van der Waals surface area contributed by atoms with Gasteiger partial charge >= 0.3 is 5.97 Å². The van der Waals surface area contributed by atoms with Gasteiger partial charge in [-0.3, -0.25) is 0 Å². The molecule has 0 aliphatic carbocycles. The zero-order valence-corrected chi connectivity index (χ0v) is 6.07. The number of esters is 1. The summed E-state index contributed by atoms with van der Waals surface area (Å²) in [5.74, 6) is -1.59. The first-order valence-corrected chi connectivity index (χ1v) is 3.48. The fourth-order valence-electron chi connectivity index (χ4n) is 0.521. The Kier molecular flexibility index (Phi) is 1.85. The summed E-state index contributed by atoms with van der Waals surface area (Å²) in [5, 5.41) is 0.366. The predicted octanol–water partition coefficient (Wildman–Crippen LogP) is 1.16. The summed E-state index contributed by atoms with van der Waals surface area (Å²) in [5.41, 5.74) is 0.389. The van der Waals surface area contributed by atoms with E-state index in [1.54, 1.807) is 0 Å². The molecule has 0 spiro atoms. The second-order valence-corrected chi connectivity index (χ2v) is 2.19. The zero-order valence-electron chi connectivity index (χ0n) is 4.49. The van der Waals surface area contributed by atoms with E-state index in [-0.39, 0.29) is 6.61 Å². The van der Waals surface area contributed by atoms with Gasteiger partial charge in [-0.15, -0.1) is 0 Å². The van der Waals surface area contributed by atoms with E-state index in [0.29, 0.717) is 10.9 Å². The summed E-state index contributed by atoms with van der Waals surface area (Å²) in [7, 11) is 0. The van der Waals surface area contributed by atoms with Gasteiger partial charge in [0.15, 0.2) is 0 Å². The summed E-state index contributed by atoms with van der Waals surface area (Å²) in [4.78, 5) is 10.3. The Morgan fingerprint density at radius 3 is 2.67 bits per heavy atom. The topological polar surface area (TPSA) is 26.3 Å². The fourth-order valence-corrected chi connectivity index (χ4v) is 0.929. The van der Waals surface area contributed by atoms with Crippen molar-refractivity contribution >= 4 is 21.9 Å². The zero-order chi connectivity index (χ0) is 6.85. The minimum Gasteiger partial charge on any atom is -0.456 e. The molecule has 0 unspecified atom stereocenters. The molecule has 0 bridgehead atoms. The van der Waals surface area contributed by atoms with Crippen LogP contribution in [0.4, 0.5) is 4.39 Å². The summed E-state index contributed by atoms with van der Waals surface area (Å²) >= 11 is 3.01. The molecule has 2 nitrogen and oxygen atoms in total. The van der Waals surface area contributed by atoms with Crippen LogP contribution in [-0.2, 0) is 9.53 Å². The number of hydrogen-bond donors (Lipinski definition) is 0. The number of carbonyl (C=O) groups excluding carboxylic acids is 1. The standard InChI is InChI=1S/C5H4BrFO2/c6-1-3-2-9-5(8)4(3)7/h1-2H2. The molecule has 0 atom stereocenters. The highest BCUT2D eigenvalue weighted by Gasteiger charge is 2.23. The van der Waals surface area contributed by atoms with E-state index in [4.69, 9.17) is 0 Å². The van der Waals surface area contributed by atoms with Crippen LogP contribution in [0.3, 0.4) is 0 Å². The van der Waals surface area contributed by atoms with Crippen molar-refractivity contribution in [2.24, 2.45) is 0 Å². The van der Waals surface area contributed by atoms with Gasteiger partial charge in [0.25, 0.3) is 0 Å². The number of cyclic esters (lactones) is 1. The fraction of sp³-hybridized carbons (Fsp3) is 0.400. The number of hydrogen-bond acceptors (Lipinski definition) is 2. The van der Waals surface area contributed by atoms with Crippen molar-refractivity contribution in [2.45, 2.75) is 0 Å². The van der Waals surface area contributed by atoms with Gasteiger partial charge < -0.3 is 4.74 Å². The second kappa shape index (κ2) is 2.47. The Morgan fingerprint density at radius 2 is 2.44 bits per heavy atom. The van der Waals surface area contributed by atoms with Gasteiger partial charge in [-0.2, -0.15) is 4.39 Å². The highest BCUT2D eigenvalue weighted by atomic mass is 79.9. The Balaban J connectivity index is 2.79. The molecule has 0 radical (unpaired) electrons. The van der Waals surface area contributed by atoms with Crippen LogP contribution in [0.2, 0.25) is 0 Å². The summed E-state index contributed by atoms with van der Waals surface area (Å²) in [6, 6.07) is 0. The van der Waals surface area contributed by atoms with Gasteiger partial charge in [-0.05, 0) is 0 Å². The number of alkyl halides is 1. The molecule has 0 aromatic rings. The van der Waals surface area contributed by atoms with Crippen molar-refractivity contribution in [3.8, 4) is 0 Å². The van der Waals surface area contributed by atoms with E-state index in [1.165, 1.54) is 0 Å². The van der Waals surface area contributed by atoms with Crippen LogP contribution >= 0.6 is 15.9 Å². The van der Waals surface area contributed by atoms with Gasteiger partial charge in [0, 0.05) is 10.9 Å². The molecule has 0 amide bonds. The summed E-state index contributed by atoms with van der Waals surface area (Å²) < 4.78 is 16.7. The maximum absolute atomic E-state index is 12.4. The number of carbonyl (C=O) groups is 1. The lowest BCUT2D eigenvalue weighted by molar-refractivity contribution is -0.137. The molecule has 0 fully saturated rings. The Hall–Kier alpha value is -0.380. The molecule has 1 rings (SSSR count). The van der Waals surface area contributed by atoms with Crippen molar-refractivity contribution < 1.29 is 13.9 Å². The van der Waals surface area contributed by atoms with E-state index in [2.05, 4.69) is 20.7 Å². The van der Waals surface area contributed by atoms with Crippen molar-refractivity contribution in [1.82, 2.24) is 0 Å². The Labute approximate surface area is 59.8 Å². The number of rotatable bonds is 1. The molecule has 9 heavy (non-hydrogen) atoms. The van der Waals surface area contributed by atoms with Crippen LogP contribution in [0.5, 0.6) is 0 Å². The van der Waals surface area contributed by atoms with Gasteiger partial charge in [-0.25, -0.2) is 4.79 Å². The molecule has 0 saturated carbocycles. The SMILES string of the molecule is O=C1OCC(CBr)=C1F. The average molecular weight is 195 g/mol. The van der Waals surface area contributed by atoms with Crippen LogP contribution in [0, 0.1) is 0 Å². The van der Waals surface area contributed by atoms with Crippen molar-refractivity contribution in [2.75, 3.05) is 11.9 Å². The van der Waals surface area contributed by atoms with Crippen molar-refractivity contribution in [3.05, 3.63) is 11.4 Å². The van der Waals surface area contributed by atoms with E-state index >= 15 is 0 Å². The first-order chi connectivity index (χ1) is 4.25. The van der Waals surface area contributed by atoms with Crippen LogP contribution < -0.4 is 0 Å². The maximum atomic E-state index is 12.4. The molecule has 0 N–H and O–H groups in total. The largest absolute Gasteiger partial charge is 0.456 e. The third-order valence-corrected chi connectivity index (χ3v) is 1.71.